The van der Waals surface area contributed by atoms with Gasteiger partial charge in [0, 0.05) is 30.0 Å². The van der Waals surface area contributed by atoms with Crippen LogP contribution in [0.2, 0.25) is 0 Å². The number of anilines is 1. The molecule has 6 atom stereocenters. The van der Waals surface area contributed by atoms with Gasteiger partial charge in [0.25, 0.3) is 0 Å². The first-order valence-corrected chi connectivity index (χ1v) is 10.8. The number of fused-ring (bicyclic) bond motifs is 3. The van der Waals surface area contributed by atoms with Gasteiger partial charge in [-0.25, -0.2) is 0 Å². The summed E-state index contributed by atoms with van der Waals surface area (Å²) in [6.45, 7) is 4.99. The van der Waals surface area contributed by atoms with Gasteiger partial charge >= 0.3 is 0 Å². The van der Waals surface area contributed by atoms with Crippen LogP contribution in [0.15, 0.2) is 23.8 Å². The quantitative estimate of drug-likeness (QED) is 0.735. The maximum absolute atomic E-state index is 13.4. The number of benzene rings is 1. The van der Waals surface area contributed by atoms with Crippen LogP contribution in [0.25, 0.3) is 0 Å². The van der Waals surface area contributed by atoms with Gasteiger partial charge in [0.05, 0.1) is 45.1 Å². The molecule has 1 aromatic rings. The maximum atomic E-state index is 13.4. The van der Waals surface area contributed by atoms with Crippen LogP contribution in [0.3, 0.4) is 0 Å². The molecule has 3 fully saturated rings. The van der Waals surface area contributed by atoms with E-state index in [1.54, 1.807) is 14.2 Å². The second-order valence-electron chi connectivity index (χ2n) is 9.00. The second kappa shape index (κ2) is 5.99. The molecular weight excluding hydrogens is 368 g/mol. The monoisotopic (exact) mass is 396 g/mol. The van der Waals surface area contributed by atoms with Crippen molar-refractivity contribution < 1.29 is 19.0 Å². The van der Waals surface area contributed by atoms with E-state index in [0.717, 1.165) is 37.4 Å². The van der Waals surface area contributed by atoms with Crippen molar-refractivity contribution in [2.45, 2.75) is 49.8 Å². The Balaban J connectivity index is 1.66. The molecule has 0 N–H and O–H groups in total. The van der Waals surface area contributed by atoms with E-state index in [1.807, 2.05) is 6.07 Å². The number of methoxy groups -OCH3 is 2. The Kier molecular flexibility index (Phi) is 3.67. The molecule has 154 valence electrons. The lowest BCUT2D eigenvalue weighted by Crippen LogP contribution is -2.62. The van der Waals surface area contributed by atoms with Crippen molar-refractivity contribution in [2.75, 3.05) is 38.8 Å². The van der Waals surface area contributed by atoms with E-state index in [9.17, 15) is 4.79 Å². The lowest BCUT2D eigenvalue weighted by Gasteiger charge is -2.49. The summed E-state index contributed by atoms with van der Waals surface area (Å²) in [4.78, 5) is 18.2. The van der Waals surface area contributed by atoms with Gasteiger partial charge in [-0.15, -0.1) is 0 Å². The number of nitrogens with zero attached hydrogens (tertiary/aromatic N) is 2. The Morgan fingerprint density at radius 2 is 2.03 bits per heavy atom. The molecule has 2 unspecified atom stereocenters. The van der Waals surface area contributed by atoms with Gasteiger partial charge in [0.15, 0.2) is 11.5 Å². The van der Waals surface area contributed by atoms with Crippen LogP contribution in [-0.2, 0) is 14.9 Å². The summed E-state index contributed by atoms with van der Waals surface area (Å²) in [5.41, 5.74) is 3.66. The predicted octanol–water partition coefficient (Wildman–Crippen LogP) is 2.50. The Morgan fingerprint density at radius 3 is 2.79 bits per heavy atom. The highest BCUT2D eigenvalue weighted by Crippen LogP contribution is 2.62. The normalized spacial score (nSPS) is 38.9. The Morgan fingerprint density at radius 1 is 1.24 bits per heavy atom. The van der Waals surface area contributed by atoms with E-state index in [-0.39, 0.29) is 29.4 Å². The van der Waals surface area contributed by atoms with Crippen LogP contribution in [0.5, 0.6) is 11.5 Å². The highest BCUT2D eigenvalue weighted by molar-refractivity contribution is 6.00. The van der Waals surface area contributed by atoms with E-state index in [0.29, 0.717) is 24.8 Å². The summed E-state index contributed by atoms with van der Waals surface area (Å²) >= 11 is 0. The van der Waals surface area contributed by atoms with Crippen molar-refractivity contribution in [1.82, 2.24) is 4.90 Å². The molecule has 29 heavy (non-hydrogen) atoms. The zero-order chi connectivity index (χ0) is 19.9. The number of carbonyl (C=O) groups is 1. The van der Waals surface area contributed by atoms with Crippen LogP contribution in [0, 0.1) is 5.92 Å². The second-order valence-corrected chi connectivity index (χ2v) is 9.00. The standard InChI is InChI=1S/C23H28N2O4/c1-4-19-23-6-7-24(19)12-13-5-8-29-18-11-20(26)25(22(23)21(13)18)15-10-17(28-3)16(27-2)9-14(15)23/h5,9-10,18-19,21-22H,4,6-8,11-12H2,1-3H3/t18-,19+,21?,22-,23+/m0/s1. The Bertz CT molecular complexity index is 928. The molecule has 1 aromatic carbocycles. The lowest BCUT2D eigenvalue weighted by atomic mass is 9.63. The van der Waals surface area contributed by atoms with Gasteiger partial charge < -0.3 is 19.1 Å². The van der Waals surface area contributed by atoms with E-state index < -0.39 is 0 Å². The van der Waals surface area contributed by atoms with Crippen molar-refractivity contribution in [3.63, 3.8) is 0 Å². The highest BCUT2D eigenvalue weighted by atomic mass is 16.5. The van der Waals surface area contributed by atoms with Crippen molar-refractivity contribution in [3.05, 3.63) is 29.3 Å². The summed E-state index contributed by atoms with van der Waals surface area (Å²) < 4.78 is 17.4. The predicted molar refractivity (Wildman–Crippen MR) is 109 cm³/mol. The first kappa shape index (κ1) is 17.8. The minimum absolute atomic E-state index is 0.00298. The fourth-order valence-corrected chi connectivity index (χ4v) is 7.22. The smallest absolute Gasteiger partial charge is 0.229 e. The number of ether oxygens (including phenoxy) is 3. The molecular formula is C23H28N2O4. The summed E-state index contributed by atoms with van der Waals surface area (Å²) in [6, 6.07) is 4.70. The van der Waals surface area contributed by atoms with Crippen LogP contribution in [-0.4, -0.2) is 62.9 Å². The first-order chi connectivity index (χ1) is 14.1. The minimum atomic E-state index is -0.0844. The molecule has 5 heterocycles. The molecule has 0 aliphatic carbocycles. The van der Waals surface area contributed by atoms with Gasteiger partial charge in [0.2, 0.25) is 5.91 Å². The largest absolute Gasteiger partial charge is 0.493 e. The lowest BCUT2D eigenvalue weighted by molar-refractivity contribution is -0.127. The fraction of sp³-hybridized carbons (Fsp3) is 0.609. The number of piperidine rings is 1. The molecule has 1 spiro atoms. The van der Waals surface area contributed by atoms with E-state index in [1.165, 1.54) is 11.1 Å². The average molecular weight is 396 g/mol. The summed E-state index contributed by atoms with van der Waals surface area (Å²) in [6.07, 6.45) is 4.87. The number of rotatable bonds is 3. The van der Waals surface area contributed by atoms with E-state index in [4.69, 9.17) is 14.2 Å². The topological polar surface area (TPSA) is 51.2 Å². The van der Waals surface area contributed by atoms with Crippen LogP contribution in [0.4, 0.5) is 5.69 Å². The first-order valence-electron chi connectivity index (χ1n) is 10.8. The van der Waals surface area contributed by atoms with Gasteiger partial charge in [-0.3, -0.25) is 9.69 Å². The third-order valence-corrected chi connectivity index (χ3v) is 8.16. The van der Waals surface area contributed by atoms with Gasteiger partial charge in [0.1, 0.15) is 0 Å². The molecule has 5 aliphatic rings. The molecule has 5 aliphatic heterocycles. The third kappa shape index (κ3) is 2.01. The van der Waals surface area contributed by atoms with Crippen molar-refractivity contribution >= 4 is 11.6 Å². The van der Waals surface area contributed by atoms with E-state index >= 15 is 0 Å². The molecule has 0 saturated carbocycles. The molecule has 1 amide bonds. The summed E-state index contributed by atoms with van der Waals surface area (Å²) in [5, 5.41) is 0. The number of hydrogen-bond donors (Lipinski definition) is 0. The summed E-state index contributed by atoms with van der Waals surface area (Å²) in [7, 11) is 3.35. The van der Waals surface area contributed by atoms with Crippen molar-refractivity contribution in [1.29, 1.82) is 0 Å². The molecule has 6 rings (SSSR count). The zero-order valence-electron chi connectivity index (χ0n) is 17.3. The van der Waals surface area contributed by atoms with Crippen molar-refractivity contribution in [2.24, 2.45) is 5.92 Å². The van der Waals surface area contributed by atoms with Crippen LogP contribution in [0.1, 0.15) is 31.7 Å². The number of amides is 1. The van der Waals surface area contributed by atoms with E-state index in [2.05, 4.69) is 28.9 Å². The fourth-order valence-electron chi connectivity index (χ4n) is 7.22. The van der Waals surface area contributed by atoms with Gasteiger partial charge in [-0.05, 0) is 31.0 Å². The van der Waals surface area contributed by atoms with Gasteiger partial charge in [-0.1, -0.05) is 18.6 Å². The maximum Gasteiger partial charge on any atom is 0.229 e. The third-order valence-electron chi connectivity index (χ3n) is 8.16. The Labute approximate surface area is 171 Å². The van der Waals surface area contributed by atoms with Crippen LogP contribution < -0.4 is 14.4 Å². The average Bonchev–Trinajstić information content (AvgIpc) is 3.18. The Hall–Kier alpha value is -2.05. The molecule has 6 heteroatoms. The molecule has 6 nitrogen and oxygen atoms in total. The zero-order valence-corrected chi connectivity index (χ0v) is 17.3. The number of carbonyl (C=O) groups excluding carboxylic acids is 1. The van der Waals surface area contributed by atoms with Gasteiger partial charge in [-0.2, -0.15) is 0 Å². The molecule has 0 aromatic heterocycles. The highest BCUT2D eigenvalue weighted by Gasteiger charge is 2.67. The molecule has 0 radical (unpaired) electrons. The molecule has 2 bridgehead atoms. The SMILES string of the molecule is CC[C@H]1N2CC[C@@]13c1cc(OC)c(OC)cc1N1C(=O)C[C@@H]4OCC=C(C2)C4[C@H]13. The van der Waals surface area contributed by atoms with Crippen molar-refractivity contribution in [3.8, 4) is 11.5 Å². The number of hydrogen-bond acceptors (Lipinski definition) is 5. The molecule has 3 saturated heterocycles. The minimum Gasteiger partial charge on any atom is -0.493 e. The van der Waals surface area contributed by atoms with Crippen LogP contribution >= 0.6 is 0 Å². The summed E-state index contributed by atoms with van der Waals surface area (Å²) in [5.74, 6) is 1.88.